The first-order valence-electron chi connectivity index (χ1n) is 6.70. The third-order valence-corrected chi connectivity index (χ3v) is 5.44. The van der Waals surface area contributed by atoms with Crippen LogP contribution in [0.3, 0.4) is 0 Å². The minimum absolute atomic E-state index is 0.00525. The quantitative estimate of drug-likeness (QED) is 0.583. The number of rotatable bonds is 7. The van der Waals surface area contributed by atoms with E-state index in [0.29, 0.717) is 6.54 Å². The molecule has 0 bridgehead atoms. The number of benzene rings is 1. The van der Waals surface area contributed by atoms with Crippen molar-refractivity contribution in [2.24, 2.45) is 0 Å². The number of nitro benzene ring substituents is 2. The SMILES string of the molecule is CSC1(CNc2c([N+](=O)[O-])cc(CO)c(C)c2[N+](=O)[O-])CC1. The zero-order chi connectivity index (χ0) is 16.5. The highest BCUT2D eigenvalue weighted by Crippen LogP contribution is 2.48. The second-order valence-electron chi connectivity index (χ2n) is 5.32. The summed E-state index contributed by atoms with van der Waals surface area (Å²) in [6.07, 6.45) is 3.92. The second kappa shape index (κ2) is 6.09. The fourth-order valence-corrected chi connectivity index (χ4v) is 3.09. The number of nitro groups is 2. The van der Waals surface area contributed by atoms with E-state index in [1.54, 1.807) is 11.8 Å². The molecule has 0 heterocycles. The van der Waals surface area contributed by atoms with Crippen LogP contribution < -0.4 is 5.32 Å². The Balaban J connectivity index is 2.50. The van der Waals surface area contributed by atoms with Gasteiger partial charge in [0.2, 0.25) is 0 Å². The molecule has 1 fully saturated rings. The van der Waals surface area contributed by atoms with Crippen molar-refractivity contribution in [3.63, 3.8) is 0 Å². The van der Waals surface area contributed by atoms with Gasteiger partial charge in [-0.2, -0.15) is 11.8 Å². The summed E-state index contributed by atoms with van der Waals surface area (Å²) in [7, 11) is 0. The van der Waals surface area contributed by atoms with Crippen molar-refractivity contribution in [3.05, 3.63) is 37.4 Å². The van der Waals surface area contributed by atoms with Crippen LogP contribution in [0.1, 0.15) is 24.0 Å². The highest BCUT2D eigenvalue weighted by atomic mass is 32.2. The minimum atomic E-state index is -0.660. The van der Waals surface area contributed by atoms with E-state index in [-0.39, 0.29) is 32.9 Å². The van der Waals surface area contributed by atoms with E-state index in [0.717, 1.165) is 12.8 Å². The molecule has 9 heteroatoms. The first kappa shape index (κ1) is 16.5. The van der Waals surface area contributed by atoms with Crippen molar-refractivity contribution in [2.45, 2.75) is 31.1 Å². The van der Waals surface area contributed by atoms with E-state index in [4.69, 9.17) is 0 Å². The topological polar surface area (TPSA) is 119 Å². The van der Waals surface area contributed by atoms with Crippen LogP contribution in [0, 0.1) is 27.2 Å². The molecule has 0 aromatic heterocycles. The van der Waals surface area contributed by atoms with Crippen molar-refractivity contribution in [3.8, 4) is 0 Å². The Hall–Kier alpha value is -1.87. The van der Waals surface area contributed by atoms with Gasteiger partial charge in [-0.15, -0.1) is 0 Å². The summed E-state index contributed by atoms with van der Waals surface area (Å²) in [5, 5.41) is 34.8. The number of nitrogens with one attached hydrogen (secondary N) is 1. The van der Waals surface area contributed by atoms with Gasteiger partial charge in [0.1, 0.15) is 0 Å². The van der Waals surface area contributed by atoms with Crippen LogP contribution in [-0.2, 0) is 6.61 Å². The van der Waals surface area contributed by atoms with Crippen molar-refractivity contribution >= 4 is 28.8 Å². The van der Waals surface area contributed by atoms with Crippen molar-refractivity contribution in [1.82, 2.24) is 0 Å². The molecule has 0 unspecified atom stereocenters. The first-order chi connectivity index (χ1) is 10.3. The van der Waals surface area contributed by atoms with Crippen molar-refractivity contribution in [1.29, 1.82) is 0 Å². The molecule has 0 spiro atoms. The molecule has 1 aliphatic carbocycles. The molecule has 0 aliphatic heterocycles. The zero-order valence-electron chi connectivity index (χ0n) is 12.3. The van der Waals surface area contributed by atoms with Crippen molar-refractivity contribution in [2.75, 3.05) is 18.1 Å². The summed E-state index contributed by atoms with van der Waals surface area (Å²) < 4.78 is 0.00525. The molecule has 1 aliphatic rings. The fraction of sp³-hybridized carbons (Fsp3) is 0.538. The van der Waals surface area contributed by atoms with Gasteiger partial charge in [-0.05, 0) is 31.6 Å². The highest BCUT2D eigenvalue weighted by molar-refractivity contribution is 8.00. The Morgan fingerprint density at radius 3 is 2.41 bits per heavy atom. The number of aliphatic hydroxyl groups excluding tert-OH is 1. The van der Waals surface area contributed by atoms with E-state index in [1.165, 1.54) is 13.0 Å². The predicted octanol–water partition coefficient (Wildman–Crippen LogP) is 2.61. The number of hydrogen-bond donors (Lipinski definition) is 2. The summed E-state index contributed by atoms with van der Waals surface area (Å²) in [5.74, 6) is 0. The van der Waals surface area contributed by atoms with E-state index in [2.05, 4.69) is 5.32 Å². The van der Waals surface area contributed by atoms with Crippen LogP contribution in [0.2, 0.25) is 0 Å². The molecule has 8 nitrogen and oxygen atoms in total. The lowest BCUT2D eigenvalue weighted by Gasteiger charge is -2.16. The maximum absolute atomic E-state index is 11.4. The Kier molecular flexibility index (Phi) is 4.57. The number of aliphatic hydroxyl groups is 1. The molecule has 1 aromatic carbocycles. The standard InChI is InChI=1S/C13H17N3O5S/c1-8-9(6-17)5-10(15(18)19)11(12(8)16(20)21)14-7-13(22-2)3-4-13/h5,14,17H,3-4,6-7H2,1-2H3. The minimum Gasteiger partial charge on any atom is -0.392 e. The summed E-state index contributed by atoms with van der Waals surface area (Å²) >= 11 is 1.66. The zero-order valence-corrected chi connectivity index (χ0v) is 13.1. The lowest BCUT2D eigenvalue weighted by molar-refractivity contribution is -0.392. The molecule has 0 amide bonds. The van der Waals surface area contributed by atoms with E-state index in [9.17, 15) is 25.3 Å². The van der Waals surface area contributed by atoms with Gasteiger partial charge in [0.25, 0.3) is 5.69 Å². The van der Waals surface area contributed by atoms with Crippen LogP contribution >= 0.6 is 11.8 Å². The van der Waals surface area contributed by atoms with E-state index < -0.39 is 16.5 Å². The number of hydrogen-bond acceptors (Lipinski definition) is 7. The molecule has 0 saturated heterocycles. The Morgan fingerprint density at radius 1 is 1.36 bits per heavy atom. The third-order valence-electron chi connectivity index (χ3n) is 4.02. The van der Waals surface area contributed by atoms with Gasteiger partial charge in [0.05, 0.1) is 16.5 Å². The molecular formula is C13H17N3O5S. The third kappa shape index (κ3) is 3.00. The first-order valence-corrected chi connectivity index (χ1v) is 7.93. The van der Waals surface area contributed by atoms with E-state index >= 15 is 0 Å². The molecular weight excluding hydrogens is 310 g/mol. The second-order valence-corrected chi connectivity index (χ2v) is 6.59. The van der Waals surface area contributed by atoms with Gasteiger partial charge in [-0.3, -0.25) is 20.2 Å². The van der Waals surface area contributed by atoms with Gasteiger partial charge < -0.3 is 10.4 Å². The molecule has 22 heavy (non-hydrogen) atoms. The summed E-state index contributed by atoms with van der Waals surface area (Å²) in [6.45, 7) is 1.44. The molecule has 120 valence electrons. The summed E-state index contributed by atoms with van der Waals surface area (Å²) in [6, 6.07) is 1.20. The number of nitrogens with zero attached hydrogens (tertiary/aromatic N) is 2. The monoisotopic (exact) mass is 327 g/mol. The Bertz CT molecular complexity index is 631. The molecule has 0 atom stereocenters. The van der Waals surface area contributed by atoms with Crippen LogP contribution in [0.4, 0.5) is 17.1 Å². The molecule has 1 saturated carbocycles. The normalized spacial score (nSPS) is 15.4. The summed E-state index contributed by atoms with van der Waals surface area (Å²) in [4.78, 5) is 21.3. The Morgan fingerprint density at radius 2 is 2.00 bits per heavy atom. The fourth-order valence-electron chi connectivity index (χ4n) is 2.36. The maximum atomic E-state index is 11.4. The summed E-state index contributed by atoms with van der Waals surface area (Å²) in [5.41, 5.74) is -0.358. The van der Waals surface area contributed by atoms with Gasteiger partial charge in [0.15, 0.2) is 5.69 Å². The van der Waals surface area contributed by atoms with Crippen LogP contribution in [0.25, 0.3) is 0 Å². The van der Waals surface area contributed by atoms with Gasteiger partial charge >= 0.3 is 5.69 Å². The van der Waals surface area contributed by atoms with Crippen LogP contribution in [0.5, 0.6) is 0 Å². The average Bonchev–Trinajstić information content (AvgIpc) is 3.24. The lowest BCUT2D eigenvalue weighted by Crippen LogP contribution is -2.19. The maximum Gasteiger partial charge on any atom is 0.302 e. The Labute approximate surface area is 131 Å². The lowest BCUT2D eigenvalue weighted by atomic mass is 10.0. The largest absolute Gasteiger partial charge is 0.392 e. The smallest absolute Gasteiger partial charge is 0.302 e. The number of anilines is 1. The van der Waals surface area contributed by atoms with E-state index in [1.807, 2.05) is 6.26 Å². The van der Waals surface area contributed by atoms with Gasteiger partial charge in [-0.25, -0.2) is 0 Å². The predicted molar refractivity (Wildman–Crippen MR) is 84.4 cm³/mol. The molecule has 2 N–H and O–H groups in total. The molecule has 2 rings (SSSR count). The number of thioether (sulfide) groups is 1. The average molecular weight is 327 g/mol. The molecule has 0 radical (unpaired) electrons. The van der Waals surface area contributed by atoms with Gasteiger partial charge in [0, 0.05) is 22.9 Å². The van der Waals surface area contributed by atoms with Crippen LogP contribution in [0.15, 0.2) is 6.07 Å². The van der Waals surface area contributed by atoms with Crippen LogP contribution in [-0.4, -0.2) is 32.5 Å². The van der Waals surface area contributed by atoms with Gasteiger partial charge in [-0.1, -0.05) is 0 Å². The highest BCUT2D eigenvalue weighted by Gasteiger charge is 2.42. The molecule has 1 aromatic rings. The van der Waals surface area contributed by atoms with Crippen molar-refractivity contribution < 1.29 is 15.0 Å².